The van der Waals surface area contributed by atoms with Crippen LogP contribution >= 0.6 is 0 Å². The van der Waals surface area contributed by atoms with Gasteiger partial charge in [-0.25, -0.2) is 0 Å². The Labute approximate surface area is 114 Å². The van der Waals surface area contributed by atoms with E-state index in [9.17, 15) is 13.2 Å². The minimum absolute atomic E-state index is 0.138. The van der Waals surface area contributed by atoms with Crippen molar-refractivity contribution in [3.63, 3.8) is 0 Å². The second kappa shape index (κ2) is 5.48. The molecule has 0 saturated carbocycles. The van der Waals surface area contributed by atoms with Crippen LogP contribution in [0, 0.1) is 6.92 Å². The van der Waals surface area contributed by atoms with Gasteiger partial charge >= 0.3 is 6.18 Å². The fraction of sp³-hybridized carbons (Fsp3) is 0.286. The average molecular weight is 281 g/mol. The molecule has 0 aliphatic heterocycles. The lowest BCUT2D eigenvalue weighted by atomic mass is 10.1. The van der Waals surface area contributed by atoms with Crippen LogP contribution in [0.4, 0.5) is 18.9 Å². The summed E-state index contributed by atoms with van der Waals surface area (Å²) in [5.74, 6) is 0. The van der Waals surface area contributed by atoms with Gasteiger partial charge in [0.1, 0.15) is 0 Å². The third kappa shape index (κ3) is 3.26. The Morgan fingerprint density at radius 3 is 2.20 bits per heavy atom. The van der Waals surface area contributed by atoms with Crippen LogP contribution in [0.5, 0.6) is 0 Å². The Hall–Kier alpha value is -2.11. The number of anilines is 1. The van der Waals surface area contributed by atoms with Crippen molar-refractivity contribution in [3.05, 3.63) is 53.6 Å². The highest BCUT2D eigenvalue weighted by Gasteiger charge is 2.29. The monoisotopic (exact) mass is 281 g/mol. The average Bonchev–Trinajstić information content (AvgIpc) is 2.38. The summed E-state index contributed by atoms with van der Waals surface area (Å²) in [7, 11) is 0. The molecule has 0 aliphatic carbocycles. The second-order valence-electron chi connectivity index (χ2n) is 4.47. The van der Waals surface area contributed by atoms with Gasteiger partial charge in [-0.2, -0.15) is 13.2 Å². The molecule has 6 heteroatoms. The molecular weight excluding hydrogens is 267 g/mol. The van der Waals surface area contributed by atoms with Crippen LogP contribution in [0.1, 0.15) is 29.9 Å². The van der Waals surface area contributed by atoms with Gasteiger partial charge in [-0.05, 0) is 38.1 Å². The van der Waals surface area contributed by atoms with Crippen molar-refractivity contribution < 1.29 is 13.2 Å². The van der Waals surface area contributed by atoms with Crippen molar-refractivity contribution in [2.24, 2.45) is 0 Å². The molecule has 0 saturated heterocycles. The maximum Gasteiger partial charge on any atom is 0.416 e. The zero-order chi connectivity index (χ0) is 14.8. The number of aromatic nitrogens is 2. The van der Waals surface area contributed by atoms with Crippen molar-refractivity contribution >= 4 is 5.69 Å². The van der Waals surface area contributed by atoms with Gasteiger partial charge in [0, 0.05) is 18.1 Å². The quantitative estimate of drug-likeness (QED) is 0.924. The van der Waals surface area contributed by atoms with E-state index in [0.29, 0.717) is 5.69 Å². The predicted molar refractivity (Wildman–Crippen MR) is 70.3 cm³/mol. The molecule has 0 fully saturated rings. The number of nitrogens with zero attached hydrogens (tertiary/aromatic N) is 2. The number of hydrogen-bond donors (Lipinski definition) is 1. The first kappa shape index (κ1) is 14.3. The molecule has 106 valence electrons. The highest BCUT2D eigenvalue weighted by atomic mass is 19.4. The van der Waals surface area contributed by atoms with E-state index in [-0.39, 0.29) is 6.04 Å². The normalized spacial score (nSPS) is 13.1. The first-order valence-corrected chi connectivity index (χ1v) is 6.09. The highest BCUT2D eigenvalue weighted by Crippen LogP contribution is 2.30. The number of rotatable bonds is 3. The topological polar surface area (TPSA) is 37.8 Å². The Morgan fingerprint density at radius 2 is 1.65 bits per heavy atom. The molecule has 0 amide bonds. The summed E-state index contributed by atoms with van der Waals surface area (Å²) in [6.45, 7) is 3.72. The van der Waals surface area contributed by atoms with E-state index in [1.54, 1.807) is 12.4 Å². The Balaban J connectivity index is 2.13. The molecule has 0 aliphatic rings. The molecule has 1 aromatic carbocycles. The number of benzene rings is 1. The smallest absolute Gasteiger partial charge is 0.377 e. The van der Waals surface area contributed by atoms with E-state index in [4.69, 9.17) is 0 Å². The van der Waals surface area contributed by atoms with Crippen molar-refractivity contribution in [2.75, 3.05) is 5.32 Å². The summed E-state index contributed by atoms with van der Waals surface area (Å²) in [6.07, 6.45) is -1.12. The molecule has 3 nitrogen and oxygen atoms in total. The molecule has 2 rings (SSSR count). The summed E-state index contributed by atoms with van der Waals surface area (Å²) >= 11 is 0. The van der Waals surface area contributed by atoms with E-state index < -0.39 is 11.7 Å². The van der Waals surface area contributed by atoms with Gasteiger partial charge in [-0.1, -0.05) is 0 Å². The Bertz CT molecular complexity index is 579. The summed E-state index contributed by atoms with van der Waals surface area (Å²) in [5, 5.41) is 3.11. The van der Waals surface area contributed by atoms with E-state index in [1.807, 2.05) is 13.8 Å². The molecule has 1 heterocycles. The molecule has 0 bridgehead atoms. The third-order valence-corrected chi connectivity index (χ3v) is 2.92. The van der Waals surface area contributed by atoms with Crippen molar-refractivity contribution in [1.82, 2.24) is 9.97 Å². The summed E-state index contributed by atoms with van der Waals surface area (Å²) in [5.41, 5.74) is 1.51. The van der Waals surface area contributed by atoms with Gasteiger partial charge in [0.2, 0.25) is 0 Å². The lowest BCUT2D eigenvalue weighted by Crippen LogP contribution is -2.11. The largest absolute Gasteiger partial charge is 0.416 e. The maximum atomic E-state index is 12.5. The number of alkyl halides is 3. The van der Waals surface area contributed by atoms with Crippen LogP contribution in [0.15, 0.2) is 36.7 Å². The van der Waals surface area contributed by atoms with Crippen LogP contribution < -0.4 is 5.32 Å². The molecule has 1 N–H and O–H groups in total. The summed E-state index contributed by atoms with van der Waals surface area (Å²) in [6, 6.07) is 4.79. The molecule has 1 aromatic heterocycles. The van der Waals surface area contributed by atoms with E-state index in [2.05, 4.69) is 15.3 Å². The molecular formula is C14H14F3N3. The van der Waals surface area contributed by atoms with Crippen LogP contribution in [0.25, 0.3) is 0 Å². The van der Waals surface area contributed by atoms with E-state index >= 15 is 0 Å². The molecule has 2 aromatic rings. The first-order chi connectivity index (χ1) is 9.38. The van der Waals surface area contributed by atoms with Crippen molar-refractivity contribution in [1.29, 1.82) is 0 Å². The summed E-state index contributed by atoms with van der Waals surface area (Å²) < 4.78 is 37.4. The lowest BCUT2D eigenvalue weighted by Gasteiger charge is -2.16. The van der Waals surface area contributed by atoms with Gasteiger partial charge in [0.05, 0.1) is 23.0 Å². The molecule has 1 unspecified atom stereocenters. The number of halogens is 3. The van der Waals surface area contributed by atoms with E-state index in [0.717, 1.165) is 23.5 Å². The SMILES string of the molecule is Cc1nccnc1C(C)Nc1ccc(C(F)(F)F)cc1. The zero-order valence-corrected chi connectivity index (χ0v) is 11.1. The minimum Gasteiger partial charge on any atom is -0.377 e. The zero-order valence-electron chi connectivity index (χ0n) is 11.1. The van der Waals surface area contributed by atoms with Crippen LogP contribution in [0.2, 0.25) is 0 Å². The second-order valence-corrected chi connectivity index (χ2v) is 4.47. The van der Waals surface area contributed by atoms with E-state index in [1.165, 1.54) is 12.1 Å². The van der Waals surface area contributed by atoms with Crippen molar-refractivity contribution in [3.8, 4) is 0 Å². The summed E-state index contributed by atoms with van der Waals surface area (Å²) in [4.78, 5) is 8.36. The molecule has 0 radical (unpaired) electrons. The van der Waals surface area contributed by atoms with Gasteiger partial charge in [-0.3, -0.25) is 9.97 Å². The first-order valence-electron chi connectivity index (χ1n) is 6.09. The van der Waals surface area contributed by atoms with Gasteiger partial charge in [0.15, 0.2) is 0 Å². The van der Waals surface area contributed by atoms with Crippen LogP contribution in [-0.4, -0.2) is 9.97 Å². The van der Waals surface area contributed by atoms with Crippen molar-refractivity contribution in [2.45, 2.75) is 26.1 Å². The molecule has 1 atom stereocenters. The number of hydrogen-bond acceptors (Lipinski definition) is 3. The fourth-order valence-corrected chi connectivity index (χ4v) is 1.92. The molecule has 0 spiro atoms. The van der Waals surface area contributed by atoms with Gasteiger partial charge in [0.25, 0.3) is 0 Å². The van der Waals surface area contributed by atoms with Crippen LogP contribution in [-0.2, 0) is 6.18 Å². The highest BCUT2D eigenvalue weighted by molar-refractivity contribution is 5.46. The molecule has 20 heavy (non-hydrogen) atoms. The number of nitrogens with one attached hydrogen (secondary N) is 1. The maximum absolute atomic E-state index is 12.5. The predicted octanol–water partition coefficient (Wildman–Crippen LogP) is 3.98. The minimum atomic E-state index is -4.31. The van der Waals surface area contributed by atoms with Crippen LogP contribution in [0.3, 0.4) is 0 Å². The lowest BCUT2D eigenvalue weighted by molar-refractivity contribution is -0.137. The third-order valence-electron chi connectivity index (χ3n) is 2.92. The number of aryl methyl sites for hydroxylation is 1. The van der Waals surface area contributed by atoms with Gasteiger partial charge < -0.3 is 5.32 Å². The Kier molecular flexibility index (Phi) is 3.92. The Morgan fingerprint density at radius 1 is 1.05 bits per heavy atom. The van der Waals surface area contributed by atoms with Gasteiger partial charge in [-0.15, -0.1) is 0 Å². The standard InChI is InChI=1S/C14H14F3N3/c1-9-13(19-8-7-18-9)10(2)20-12-5-3-11(4-6-12)14(15,16)17/h3-8,10,20H,1-2H3. The fourth-order valence-electron chi connectivity index (χ4n) is 1.92.